The van der Waals surface area contributed by atoms with Crippen LogP contribution in [0.4, 0.5) is 11.5 Å². The Bertz CT molecular complexity index is 684. The van der Waals surface area contributed by atoms with Gasteiger partial charge in [-0.1, -0.05) is 0 Å². The number of nitrogens with zero attached hydrogens (tertiary/aromatic N) is 3. The Hall–Kier alpha value is -2.34. The summed E-state index contributed by atoms with van der Waals surface area (Å²) >= 11 is 0. The number of hydrogen-bond donors (Lipinski definition) is 3. The summed E-state index contributed by atoms with van der Waals surface area (Å²) in [5, 5.41) is 22.6. The molecule has 0 unspecified atom stereocenters. The number of aromatic hydroxyl groups is 1. The Kier molecular flexibility index (Phi) is 5.15. The molecule has 3 N–H and O–H groups in total. The summed E-state index contributed by atoms with van der Waals surface area (Å²) in [5.41, 5.74) is 2.44. The molecule has 0 atom stereocenters. The van der Waals surface area contributed by atoms with E-state index in [2.05, 4.69) is 20.2 Å². The van der Waals surface area contributed by atoms with E-state index in [1.54, 1.807) is 18.3 Å². The number of aliphatic hydroxyl groups is 1. The number of aliphatic hydroxyl groups excluding tert-OH is 1. The minimum absolute atomic E-state index is 0.197. The van der Waals surface area contributed by atoms with Crippen LogP contribution in [0.5, 0.6) is 5.75 Å². The van der Waals surface area contributed by atoms with Gasteiger partial charge in [0.25, 0.3) is 0 Å². The Morgan fingerprint density at radius 1 is 1.25 bits per heavy atom. The molecule has 24 heavy (non-hydrogen) atoms. The molecule has 1 saturated heterocycles. The van der Waals surface area contributed by atoms with Crippen molar-refractivity contribution in [3.63, 3.8) is 0 Å². The topological polar surface area (TPSA) is 81.5 Å². The van der Waals surface area contributed by atoms with E-state index < -0.39 is 0 Å². The van der Waals surface area contributed by atoms with Crippen LogP contribution in [0.15, 0.2) is 30.5 Å². The standard InChI is InChI=1S/C18H24N4O2/c1-13-4-5-17(24)16(21-13)11-20-15-3-2-8-19-18(15)22-9-6-14(12-23)7-10-22/h2-5,8,14,20,23-24H,6-7,9-12H2,1H3. The van der Waals surface area contributed by atoms with Gasteiger partial charge in [-0.15, -0.1) is 0 Å². The van der Waals surface area contributed by atoms with Gasteiger partial charge in [0, 0.05) is 31.6 Å². The van der Waals surface area contributed by atoms with Gasteiger partial charge in [0.1, 0.15) is 11.4 Å². The maximum absolute atomic E-state index is 9.94. The van der Waals surface area contributed by atoms with Crippen LogP contribution < -0.4 is 10.2 Å². The number of hydrogen-bond acceptors (Lipinski definition) is 6. The monoisotopic (exact) mass is 328 g/mol. The van der Waals surface area contributed by atoms with Crippen LogP contribution in [0, 0.1) is 12.8 Å². The Labute approximate surface area is 142 Å². The van der Waals surface area contributed by atoms with Gasteiger partial charge in [0.2, 0.25) is 0 Å². The highest BCUT2D eigenvalue weighted by Gasteiger charge is 2.21. The summed E-state index contributed by atoms with van der Waals surface area (Å²) in [4.78, 5) is 11.1. The molecule has 2 aromatic rings. The minimum atomic E-state index is 0.197. The Morgan fingerprint density at radius 2 is 2.04 bits per heavy atom. The SMILES string of the molecule is Cc1ccc(O)c(CNc2cccnc2N2CCC(CO)CC2)n1. The zero-order valence-corrected chi connectivity index (χ0v) is 13.9. The second kappa shape index (κ2) is 7.49. The summed E-state index contributed by atoms with van der Waals surface area (Å²) < 4.78 is 0. The van der Waals surface area contributed by atoms with Crippen LogP contribution in [0.3, 0.4) is 0 Å². The second-order valence-electron chi connectivity index (χ2n) is 6.26. The molecule has 1 aliphatic rings. The first-order chi connectivity index (χ1) is 11.7. The van der Waals surface area contributed by atoms with Crippen LogP contribution in [0.1, 0.15) is 24.2 Å². The normalized spacial score (nSPS) is 15.5. The third-order valence-corrected chi connectivity index (χ3v) is 4.49. The Morgan fingerprint density at radius 3 is 2.79 bits per heavy atom. The summed E-state index contributed by atoms with van der Waals surface area (Å²) in [6.07, 6.45) is 3.75. The average molecular weight is 328 g/mol. The van der Waals surface area contributed by atoms with Crippen molar-refractivity contribution >= 4 is 11.5 Å². The molecule has 0 bridgehead atoms. The number of nitrogens with one attached hydrogen (secondary N) is 1. The van der Waals surface area contributed by atoms with E-state index >= 15 is 0 Å². The molecule has 0 radical (unpaired) electrons. The van der Waals surface area contributed by atoms with Crippen molar-refractivity contribution in [2.75, 3.05) is 29.9 Å². The highest BCUT2D eigenvalue weighted by Crippen LogP contribution is 2.28. The van der Waals surface area contributed by atoms with Crippen molar-refractivity contribution in [2.45, 2.75) is 26.3 Å². The first kappa shape index (κ1) is 16.5. The largest absolute Gasteiger partial charge is 0.506 e. The Balaban J connectivity index is 1.71. The molecule has 3 rings (SSSR count). The van der Waals surface area contributed by atoms with Crippen molar-refractivity contribution in [1.29, 1.82) is 0 Å². The average Bonchev–Trinajstić information content (AvgIpc) is 2.63. The summed E-state index contributed by atoms with van der Waals surface area (Å²) in [7, 11) is 0. The van der Waals surface area contributed by atoms with Gasteiger partial charge in [-0.05, 0) is 49.9 Å². The molecule has 1 fully saturated rings. The highest BCUT2D eigenvalue weighted by molar-refractivity contribution is 5.65. The second-order valence-corrected chi connectivity index (χ2v) is 6.26. The zero-order valence-electron chi connectivity index (χ0n) is 13.9. The predicted molar refractivity (Wildman–Crippen MR) is 94.2 cm³/mol. The van der Waals surface area contributed by atoms with E-state index in [0.717, 1.165) is 43.1 Å². The van der Waals surface area contributed by atoms with E-state index in [-0.39, 0.29) is 12.4 Å². The summed E-state index contributed by atoms with van der Waals surface area (Å²) in [5.74, 6) is 1.51. The first-order valence-corrected chi connectivity index (χ1v) is 8.37. The quantitative estimate of drug-likeness (QED) is 0.781. The lowest BCUT2D eigenvalue weighted by molar-refractivity contribution is 0.203. The van der Waals surface area contributed by atoms with E-state index in [1.807, 2.05) is 19.1 Å². The fourth-order valence-electron chi connectivity index (χ4n) is 3.03. The number of pyridine rings is 2. The van der Waals surface area contributed by atoms with Crippen molar-refractivity contribution < 1.29 is 10.2 Å². The van der Waals surface area contributed by atoms with Crippen LogP contribution in [0.25, 0.3) is 0 Å². The molecule has 2 aromatic heterocycles. The minimum Gasteiger partial charge on any atom is -0.506 e. The first-order valence-electron chi connectivity index (χ1n) is 8.37. The maximum Gasteiger partial charge on any atom is 0.151 e. The van der Waals surface area contributed by atoms with Gasteiger partial charge in [-0.2, -0.15) is 0 Å². The third kappa shape index (κ3) is 3.76. The molecule has 0 amide bonds. The summed E-state index contributed by atoms with van der Waals surface area (Å²) in [6, 6.07) is 7.35. The molecule has 6 heteroatoms. The fraction of sp³-hybridized carbons (Fsp3) is 0.444. The molecular weight excluding hydrogens is 304 g/mol. The van der Waals surface area contributed by atoms with Gasteiger partial charge < -0.3 is 20.4 Å². The highest BCUT2D eigenvalue weighted by atomic mass is 16.3. The lowest BCUT2D eigenvalue weighted by Gasteiger charge is -2.33. The zero-order chi connectivity index (χ0) is 16.9. The molecule has 0 aliphatic carbocycles. The third-order valence-electron chi connectivity index (χ3n) is 4.49. The smallest absolute Gasteiger partial charge is 0.151 e. The van der Waals surface area contributed by atoms with Gasteiger partial charge in [0.05, 0.1) is 12.2 Å². The lowest BCUT2D eigenvalue weighted by Crippen LogP contribution is -2.35. The van der Waals surface area contributed by atoms with E-state index in [4.69, 9.17) is 0 Å². The molecule has 0 saturated carbocycles. The van der Waals surface area contributed by atoms with Gasteiger partial charge in [-0.25, -0.2) is 4.98 Å². The van der Waals surface area contributed by atoms with Gasteiger partial charge in [0.15, 0.2) is 5.82 Å². The molecule has 128 valence electrons. The predicted octanol–water partition coefficient (Wildman–Crippen LogP) is 2.31. The van der Waals surface area contributed by atoms with E-state index in [1.165, 1.54) is 0 Å². The number of anilines is 2. The number of aryl methyl sites for hydroxylation is 1. The molecule has 0 spiro atoms. The molecule has 3 heterocycles. The number of aromatic nitrogens is 2. The van der Waals surface area contributed by atoms with E-state index in [0.29, 0.717) is 18.2 Å². The van der Waals surface area contributed by atoms with E-state index in [9.17, 15) is 10.2 Å². The van der Waals surface area contributed by atoms with Crippen LogP contribution >= 0.6 is 0 Å². The number of rotatable bonds is 5. The van der Waals surface area contributed by atoms with Gasteiger partial charge >= 0.3 is 0 Å². The molecule has 6 nitrogen and oxygen atoms in total. The van der Waals surface area contributed by atoms with Gasteiger partial charge in [-0.3, -0.25) is 4.98 Å². The van der Waals surface area contributed by atoms with Crippen LogP contribution in [0.2, 0.25) is 0 Å². The molecular formula is C18H24N4O2. The number of piperidine rings is 1. The fourth-order valence-corrected chi connectivity index (χ4v) is 3.03. The molecule has 1 aliphatic heterocycles. The molecule has 0 aromatic carbocycles. The lowest BCUT2D eigenvalue weighted by atomic mass is 9.98. The van der Waals surface area contributed by atoms with Crippen molar-refractivity contribution in [3.8, 4) is 5.75 Å². The summed E-state index contributed by atoms with van der Waals surface area (Å²) in [6.45, 7) is 4.40. The van der Waals surface area contributed by atoms with Crippen molar-refractivity contribution in [3.05, 3.63) is 41.9 Å². The van der Waals surface area contributed by atoms with Crippen LogP contribution in [-0.4, -0.2) is 39.9 Å². The van der Waals surface area contributed by atoms with Crippen molar-refractivity contribution in [2.24, 2.45) is 5.92 Å². The van der Waals surface area contributed by atoms with Crippen molar-refractivity contribution in [1.82, 2.24) is 9.97 Å². The maximum atomic E-state index is 9.94. The van der Waals surface area contributed by atoms with Crippen LogP contribution in [-0.2, 0) is 6.54 Å².